The average Bonchev–Trinajstić information content (AvgIpc) is 2.68. The highest BCUT2D eigenvalue weighted by molar-refractivity contribution is 6.04. The minimum absolute atomic E-state index is 0.143. The molecule has 1 saturated carbocycles. The lowest BCUT2D eigenvalue weighted by molar-refractivity contribution is -0.117. The topological polar surface area (TPSA) is 62.1 Å². The van der Waals surface area contributed by atoms with Crippen LogP contribution in [0.4, 0.5) is 0 Å². The van der Waals surface area contributed by atoms with Crippen LogP contribution >= 0.6 is 0 Å². The van der Waals surface area contributed by atoms with Gasteiger partial charge in [0.2, 0.25) is 0 Å². The number of amides is 1. The van der Waals surface area contributed by atoms with Crippen LogP contribution in [0.3, 0.4) is 0 Å². The molecule has 0 radical (unpaired) electrons. The molecule has 2 aromatic carbocycles. The predicted octanol–water partition coefficient (Wildman–Crippen LogP) is 4.59. The Morgan fingerprint density at radius 2 is 1.92 bits per heavy atom. The molecule has 0 bridgehead atoms. The second-order valence-corrected chi connectivity index (χ2v) is 6.61. The lowest BCUT2D eigenvalue weighted by Gasteiger charge is -2.22. The summed E-state index contributed by atoms with van der Waals surface area (Å²) in [6.07, 6.45) is 7.18. The van der Waals surface area contributed by atoms with Crippen LogP contribution in [0.2, 0.25) is 0 Å². The molecule has 0 aliphatic heterocycles. The molecule has 26 heavy (non-hydrogen) atoms. The van der Waals surface area contributed by atoms with Crippen LogP contribution in [0.25, 0.3) is 16.8 Å². The Bertz CT molecular complexity index is 858. The van der Waals surface area contributed by atoms with Gasteiger partial charge < -0.3 is 10.1 Å². The zero-order valence-corrected chi connectivity index (χ0v) is 15.1. The molecular weight excluding hydrogens is 324 g/mol. The number of carbonyl (C=O) groups is 1. The van der Waals surface area contributed by atoms with Gasteiger partial charge in [-0.1, -0.05) is 49.6 Å². The molecule has 0 aromatic heterocycles. The number of hydrogen-bond donors (Lipinski definition) is 1. The van der Waals surface area contributed by atoms with Crippen LogP contribution in [0.5, 0.6) is 5.75 Å². The molecule has 2 aromatic rings. The van der Waals surface area contributed by atoms with Gasteiger partial charge >= 0.3 is 0 Å². The lowest BCUT2D eigenvalue weighted by Crippen LogP contribution is -2.36. The number of nitrogens with one attached hydrogen (secondary N) is 1. The number of fused-ring (bicyclic) bond motifs is 1. The van der Waals surface area contributed by atoms with Gasteiger partial charge in [-0.15, -0.1) is 0 Å². The standard InChI is InChI=1S/C22H24N2O2/c1-2-26-21-13-12-16(19-10-6-7-11-20(19)21)14-17(15-23)22(25)24-18-8-4-3-5-9-18/h6-7,10-14,18H,2-5,8-9H2,1H3,(H,24,25)/b17-14-. The highest BCUT2D eigenvalue weighted by Crippen LogP contribution is 2.30. The molecule has 0 atom stereocenters. The normalized spacial score (nSPS) is 15.5. The van der Waals surface area contributed by atoms with Crippen molar-refractivity contribution >= 4 is 22.8 Å². The van der Waals surface area contributed by atoms with Crippen molar-refractivity contribution < 1.29 is 9.53 Å². The number of benzene rings is 2. The van der Waals surface area contributed by atoms with Crippen molar-refractivity contribution in [2.24, 2.45) is 0 Å². The van der Waals surface area contributed by atoms with Crippen molar-refractivity contribution in [1.82, 2.24) is 5.32 Å². The van der Waals surface area contributed by atoms with Gasteiger partial charge in [0.15, 0.2) is 0 Å². The van der Waals surface area contributed by atoms with E-state index in [9.17, 15) is 10.1 Å². The number of nitriles is 1. The first-order chi connectivity index (χ1) is 12.7. The van der Waals surface area contributed by atoms with Gasteiger partial charge in [-0.2, -0.15) is 5.26 Å². The molecule has 1 aliphatic carbocycles. The second-order valence-electron chi connectivity index (χ2n) is 6.61. The van der Waals surface area contributed by atoms with Crippen molar-refractivity contribution in [2.75, 3.05) is 6.61 Å². The van der Waals surface area contributed by atoms with Crippen molar-refractivity contribution in [1.29, 1.82) is 5.26 Å². The maximum Gasteiger partial charge on any atom is 0.262 e. The summed E-state index contributed by atoms with van der Waals surface area (Å²) in [6, 6.07) is 13.9. The molecule has 4 heteroatoms. The number of hydrogen-bond acceptors (Lipinski definition) is 3. The fraction of sp³-hybridized carbons (Fsp3) is 0.364. The van der Waals surface area contributed by atoms with E-state index in [1.165, 1.54) is 6.42 Å². The third-order valence-electron chi connectivity index (χ3n) is 4.82. The smallest absolute Gasteiger partial charge is 0.262 e. The van der Waals surface area contributed by atoms with E-state index in [1.54, 1.807) is 6.08 Å². The highest BCUT2D eigenvalue weighted by atomic mass is 16.5. The Labute approximate surface area is 154 Å². The fourth-order valence-corrected chi connectivity index (χ4v) is 3.52. The monoisotopic (exact) mass is 348 g/mol. The largest absolute Gasteiger partial charge is 0.493 e. The number of carbonyl (C=O) groups excluding carboxylic acids is 1. The van der Waals surface area contributed by atoms with Crippen LogP contribution in [0.15, 0.2) is 42.0 Å². The summed E-state index contributed by atoms with van der Waals surface area (Å²) in [5.41, 5.74) is 0.990. The molecule has 1 aliphatic rings. The van der Waals surface area contributed by atoms with Crippen LogP contribution in [0, 0.1) is 11.3 Å². The minimum atomic E-state index is -0.280. The minimum Gasteiger partial charge on any atom is -0.493 e. The zero-order valence-electron chi connectivity index (χ0n) is 15.1. The summed E-state index contributed by atoms with van der Waals surface area (Å²) in [5.74, 6) is 0.530. The maximum absolute atomic E-state index is 12.5. The van der Waals surface area contributed by atoms with Gasteiger partial charge in [0.1, 0.15) is 17.4 Å². The molecule has 0 unspecified atom stereocenters. The third kappa shape index (κ3) is 4.05. The van der Waals surface area contributed by atoms with E-state index in [1.807, 2.05) is 43.3 Å². The average molecular weight is 348 g/mol. The summed E-state index contributed by atoms with van der Waals surface area (Å²) in [4.78, 5) is 12.5. The summed E-state index contributed by atoms with van der Waals surface area (Å²) >= 11 is 0. The Kier molecular flexibility index (Phi) is 5.91. The quantitative estimate of drug-likeness (QED) is 0.635. The van der Waals surface area contributed by atoms with E-state index in [2.05, 4.69) is 11.4 Å². The molecular formula is C22H24N2O2. The number of rotatable bonds is 5. The van der Waals surface area contributed by atoms with E-state index >= 15 is 0 Å². The van der Waals surface area contributed by atoms with Crippen LogP contribution < -0.4 is 10.1 Å². The van der Waals surface area contributed by atoms with Gasteiger partial charge in [-0.05, 0) is 42.9 Å². The van der Waals surface area contributed by atoms with E-state index in [0.717, 1.165) is 47.8 Å². The van der Waals surface area contributed by atoms with Crippen LogP contribution in [0.1, 0.15) is 44.6 Å². The summed E-state index contributed by atoms with van der Waals surface area (Å²) in [5, 5.41) is 14.5. The van der Waals surface area contributed by atoms with Crippen LogP contribution in [-0.2, 0) is 4.79 Å². The number of nitrogens with zero attached hydrogens (tertiary/aromatic N) is 1. The third-order valence-corrected chi connectivity index (χ3v) is 4.82. The first kappa shape index (κ1) is 18.0. The molecule has 134 valence electrons. The van der Waals surface area contributed by atoms with Crippen LogP contribution in [-0.4, -0.2) is 18.6 Å². The van der Waals surface area contributed by atoms with Gasteiger partial charge in [-0.3, -0.25) is 4.79 Å². The SMILES string of the molecule is CCOc1ccc(/C=C(/C#N)C(=O)NC2CCCCC2)c2ccccc12. The lowest BCUT2D eigenvalue weighted by atomic mass is 9.95. The predicted molar refractivity (Wildman–Crippen MR) is 104 cm³/mol. The summed E-state index contributed by atoms with van der Waals surface area (Å²) in [7, 11) is 0. The molecule has 0 heterocycles. The first-order valence-corrected chi connectivity index (χ1v) is 9.30. The summed E-state index contributed by atoms with van der Waals surface area (Å²) < 4.78 is 5.69. The maximum atomic E-state index is 12.5. The number of ether oxygens (including phenoxy) is 1. The second kappa shape index (κ2) is 8.53. The van der Waals surface area contributed by atoms with Gasteiger partial charge in [0.05, 0.1) is 6.61 Å². The van der Waals surface area contributed by atoms with E-state index in [4.69, 9.17) is 4.74 Å². The molecule has 4 nitrogen and oxygen atoms in total. The van der Waals surface area contributed by atoms with Gasteiger partial charge in [-0.25, -0.2) is 0 Å². The molecule has 3 rings (SSSR count). The van der Waals surface area contributed by atoms with Crippen molar-refractivity contribution in [3.8, 4) is 11.8 Å². The Morgan fingerprint density at radius 3 is 2.62 bits per heavy atom. The highest BCUT2D eigenvalue weighted by Gasteiger charge is 2.18. The van der Waals surface area contributed by atoms with Crippen molar-refractivity contribution in [3.05, 3.63) is 47.5 Å². The summed E-state index contributed by atoms with van der Waals surface area (Å²) in [6.45, 7) is 2.54. The Balaban J connectivity index is 1.90. The van der Waals surface area contributed by atoms with Gasteiger partial charge in [0, 0.05) is 11.4 Å². The molecule has 0 saturated heterocycles. The van der Waals surface area contributed by atoms with E-state index in [0.29, 0.717) is 6.61 Å². The molecule has 0 spiro atoms. The Morgan fingerprint density at radius 1 is 1.19 bits per heavy atom. The van der Waals surface area contributed by atoms with Crippen molar-refractivity contribution in [3.63, 3.8) is 0 Å². The van der Waals surface area contributed by atoms with E-state index in [-0.39, 0.29) is 17.5 Å². The molecule has 1 amide bonds. The molecule has 1 N–H and O–H groups in total. The first-order valence-electron chi connectivity index (χ1n) is 9.30. The Hall–Kier alpha value is -2.80. The fourth-order valence-electron chi connectivity index (χ4n) is 3.52. The van der Waals surface area contributed by atoms with Crippen molar-refractivity contribution in [2.45, 2.75) is 45.1 Å². The van der Waals surface area contributed by atoms with Gasteiger partial charge in [0.25, 0.3) is 5.91 Å². The molecule has 1 fully saturated rings. The van der Waals surface area contributed by atoms with E-state index < -0.39 is 0 Å². The zero-order chi connectivity index (χ0) is 18.4.